The van der Waals surface area contributed by atoms with Gasteiger partial charge in [0, 0.05) is 17.8 Å². The number of aliphatic hydroxyl groups is 1. The molecular weight excluding hydrogens is 417 g/mol. The number of aromatic nitrogens is 2. The smallest absolute Gasteiger partial charge is 0.228 e. The summed E-state index contributed by atoms with van der Waals surface area (Å²) < 4.78 is 13.8. The molecule has 2 aromatic heterocycles. The van der Waals surface area contributed by atoms with Gasteiger partial charge in [0.1, 0.15) is 11.6 Å². The van der Waals surface area contributed by atoms with E-state index in [9.17, 15) is 14.3 Å². The fraction of sp³-hybridized carbons (Fsp3) is 0.375. The van der Waals surface area contributed by atoms with Crippen LogP contribution in [0.2, 0.25) is 5.02 Å². The normalized spacial score (nSPS) is 27.4. The number of amides is 1. The second-order valence-electron chi connectivity index (χ2n) is 8.97. The van der Waals surface area contributed by atoms with E-state index in [2.05, 4.69) is 15.3 Å². The minimum Gasteiger partial charge on any atom is -0.389 e. The van der Waals surface area contributed by atoms with E-state index in [1.165, 1.54) is 12.3 Å². The third kappa shape index (κ3) is 4.14. The van der Waals surface area contributed by atoms with Crippen LogP contribution in [0.3, 0.4) is 0 Å². The molecule has 1 aromatic carbocycles. The SMILES string of the molecule is O=C(CC1(O)CC2CC(c3ccnc4ccc(F)cc34)CC2C1)Nc1ccc(Cl)cn1. The Morgan fingerprint density at radius 3 is 2.65 bits per heavy atom. The number of carbonyl (C=O) groups excluding carboxylic acids is 1. The van der Waals surface area contributed by atoms with Crippen LogP contribution in [0.1, 0.15) is 43.6 Å². The second-order valence-corrected chi connectivity index (χ2v) is 9.41. The molecule has 5 nitrogen and oxygen atoms in total. The summed E-state index contributed by atoms with van der Waals surface area (Å²) in [7, 11) is 0. The quantitative estimate of drug-likeness (QED) is 0.594. The van der Waals surface area contributed by atoms with Gasteiger partial charge in [-0.25, -0.2) is 9.37 Å². The maximum atomic E-state index is 13.8. The van der Waals surface area contributed by atoms with Crippen LogP contribution in [0.5, 0.6) is 0 Å². The maximum absolute atomic E-state index is 13.8. The molecule has 2 heterocycles. The van der Waals surface area contributed by atoms with Crippen LogP contribution < -0.4 is 5.32 Å². The highest BCUT2D eigenvalue weighted by Crippen LogP contribution is 2.55. The molecule has 0 radical (unpaired) electrons. The zero-order chi connectivity index (χ0) is 21.6. The summed E-state index contributed by atoms with van der Waals surface area (Å²) in [6.07, 6.45) is 6.39. The van der Waals surface area contributed by atoms with E-state index in [-0.39, 0.29) is 18.1 Å². The van der Waals surface area contributed by atoms with Crippen LogP contribution in [0, 0.1) is 17.7 Å². The summed E-state index contributed by atoms with van der Waals surface area (Å²) in [4.78, 5) is 20.9. The molecule has 0 bridgehead atoms. The summed E-state index contributed by atoms with van der Waals surface area (Å²) in [6, 6.07) is 10.0. The Morgan fingerprint density at radius 1 is 1.16 bits per heavy atom. The lowest BCUT2D eigenvalue weighted by Gasteiger charge is -2.24. The molecule has 2 atom stereocenters. The van der Waals surface area contributed by atoms with E-state index in [0.29, 0.717) is 41.4 Å². The minimum atomic E-state index is -0.997. The lowest BCUT2D eigenvalue weighted by molar-refractivity contribution is -0.121. The van der Waals surface area contributed by atoms with Crippen molar-refractivity contribution < 1.29 is 14.3 Å². The van der Waals surface area contributed by atoms with Gasteiger partial charge in [-0.3, -0.25) is 9.78 Å². The van der Waals surface area contributed by atoms with Crippen LogP contribution in [-0.2, 0) is 4.79 Å². The van der Waals surface area contributed by atoms with Gasteiger partial charge in [0.2, 0.25) is 5.91 Å². The summed E-state index contributed by atoms with van der Waals surface area (Å²) in [5.41, 5.74) is 0.942. The standard InChI is InChI=1S/C24H23ClFN3O2/c25-17-1-4-22(28-13-17)29-23(30)12-24(31)10-15-7-14(8-16(15)11-24)19-5-6-27-21-3-2-18(26)9-20(19)21/h1-6,9,13-16,31H,7-8,10-12H2,(H,28,29,30). The van der Waals surface area contributed by atoms with E-state index >= 15 is 0 Å². The van der Waals surface area contributed by atoms with Crippen molar-refractivity contribution in [2.24, 2.45) is 11.8 Å². The Bertz CT molecular complexity index is 1120. The third-order valence-corrected chi connectivity index (χ3v) is 7.01. The highest BCUT2D eigenvalue weighted by molar-refractivity contribution is 6.30. The van der Waals surface area contributed by atoms with Gasteiger partial charge in [-0.2, -0.15) is 0 Å². The van der Waals surface area contributed by atoms with E-state index in [1.807, 2.05) is 6.07 Å². The van der Waals surface area contributed by atoms with Gasteiger partial charge in [0.15, 0.2) is 0 Å². The van der Waals surface area contributed by atoms with Gasteiger partial charge >= 0.3 is 0 Å². The molecule has 7 heteroatoms. The molecular formula is C24H23ClFN3O2. The highest BCUT2D eigenvalue weighted by Gasteiger charge is 2.49. The number of pyridine rings is 2. The zero-order valence-electron chi connectivity index (χ0n) is 16.9. The molecule has 0 saturated heterocycles. The number of hydrogen-bond donors (Lipinski definition) is 2. The van der Waals surface area contributed by atoms with Crippen LogP contribution in [0.25, 0.3) is 10.9 Å². The van der Waals surface area contributed by atoms with Crippen LogP contribution in [0.15, 0.2) is 48.8 Å². The van der Waals surface area contributed by atoms with Crippen molar-refractivity contribution in [3.8, 4) is 0 Å². The highest BCUT2D eigenvalue weighted by atomic mass is 35.5. The fourth-order valence-corrected chi connectivity index (χ4v) is 5.71. The average molecular weight is 440 g/mol. The number of halogens is 2. The molecule has 1 amide bonds. The average Bonchev–Trinajstić information content (AvgIpc) is 3.23. The van der Waals surface area contributed by atoms with Crippen molar-refractivity contribution >= 4 is 34.2 Å². The predicted molar refractivity (Wildman–Crippen MR) is 117 cm³/mol. The number of benzene rings is 1. The minimum absolute atomic E-state index is 0.0539. The van der Waals surface area contributed by atoms with Crippen molar-refractivity contribution in [1.82, 2.24) is 9.97 Å². The van der Waals surface area contributed by atoms with Crippen molar-refractivity contribution in [3.63, 3.8) is 0 Å². The lowest BCUT2D eigenvalue weighted by atomic mass is 9.87. The van der Waals surface area contributed by atoms with E-state index in [4.69, 9.17) is 11.6 Å². The largest absolute Gasteiger partial charge is 0.389 e. The number of nitrogens with one attached hydrogen (secondary N) is 1. The molecule has 2 saturated carbocycles. The molecule has 2 unspecified atom stereocenters. The monoisotopic (exact) mass is 439 g/mol. The van der Waals surface area contributed by atoms with Crippen LogP contribution in [0.4, 0.5) is 10.2 Å². The first kappa shape index (κ1) is 20.3. The number of rotatable bonds is 4. The van der Waals surface area contributed by atoms with Crippen molar-refractivity contribution in [3.05, 3.63) is 65.2 Å². The van der Waals surface area contributed by atoms with Crippen molar-refractivity contribution in [2.75, 3.05) is 5.32 Å². The lowest BCUT2D eigenvalue weighted by Crippen LogP contribution is -2.32. The summed E-state index contributed by atoms with van der Waals surface area (Å²) in [6.45, 7) is 0. The first-order valence-corrected chi connectivity index (χ1v) is 10.9. The van der Waals surface area contributed by atoms with Crippen LogP contribution >= 0.6 is 11.6 Å². The Morgan fingerprint density at radius 2 is 1.94 bits per heavy atom. The molecule has 5 rings (SSSR count). The molecule has 2 aliphatic carbocycles. The maximum Gasteiger partial charge on any atom is 0.228 e. The molecule has 31 heavy (non-hydrogen) atoms. The molecule has 2 N–H and O–H groups in total. The summed E-state index contributed by atoms with van der Waals surface area (Å²) in [5.74, 6) is 0.952. The molecule has 3 aromatic rings. The Labute approximate surface area is 184 Å². The van der Waals surface area contributed by atoms with Gasteiger partial charge < -0.3 is 10.4 Å². The molecule has 2 fully saturated rings. The van der Waals surface area contributed by atoms with E-state index in [0.717, 1.165) is 29.3 Å². The third-order valence-electron chi connectivity index (χ3n) is 6.79. The Balaban J connectivity index is 1.25. The second kappa shape index (κ2) is 7.84. The number of nitrogens with zero attached hydrogens (tertiary/aromatic N) is 2. The first-order chi connectivity index (χ1) is 14.9. The fourth-order valence-electron chi connectivity index (χ4n) is 5.60. The molecule has 160 valence electrons. The van der Waals surface area contributed by atoms with E-state index in [1.54, 1.807) is 30.5 Å². The summed E-state index contributed by atoms with van der Waals surface area (Å²) >= 11 is 5.82. The Hall–Kier alpha value is -2.57. The van der Waals surface area contributed by atoms with Gasteiger partial charge in [-0.1, -0.05) is 11.6 Å². The van der Waals surface area contributed by atoms with Gasteiger partial charge in [0.25, 0.3) is 0 Å². The van der Waals surface area contributed by atoms with Gasteiger partial charge in [0.05, 0.1) is 22.6 Å². The number of anilines is 1. The van der Waals surface area contributed by atoms with Gasteiger partial charge in [-0.15, -0.1) is 0 Å². The van der Waals surface area contributed by atoms with Crippen molar-refractivity contribution in [2.45, 2.75) is 43.6 Å². The van der Waals surface area contributed by atoms with Gasteiger partial charge in [-0.05, 0) is 85.4 Å². The number of carbonyl (C=O) groups is 1. The molecule has 0 aliphatic heterocycles. The number of fused-ring (bicyclic) bond motifs is 2. The molecule has 2 aliphatic rings. The van der Waals surface area contributed by atoms with E-state index < -0.39 is 5.60 Å². The topological polar surface area (TPSA) is 75.1 Å². The number of hydrogen-bond acceptors (Lipinski definition) is 4. The zero-order valence-corrected chi connectivity index (χ0v) is 17.6. The van der Waals surface area contributed by atoms with Crippen molar-refractivity contribution in [1.29, 1.82) is 0 Å². The first-order valence-electron chi connectivity index (χ1n) is 10.6. The Kier molecular flexibility index (Phi) is 5.15. The van der Waals surface area contributed by atoms with Crippen LogP contribution in [-0.4, -0.2) is 26.6 Å². The molecule has 0 spiro atoms. The summed E-state index contributed by atoms with van der Waals surface area (Å²) in [5, 5.41) is 15.2. The predicted octanol–water partition coefficient (Wildman–Crippen LogP) is 5.09.